The van der Waals surface area contributed by atoms with E-state index in [0.29, 0.717) is 30.3 Å². The van der Waals surface area contributed by atoms with E-state index in [0.717, 1.165) is 19.3 Å². The van der Waals surface area contributed by atoms with Crippen molar-refractivity contribution in [3.63, 3.8) is 0 Å². The Labute approximate surface area is 135 Å². The van der Waals surface area contributed by atoms with Crippen LogP contribution in [-0.4, -0.2) is 41.2 Å². The molecule has 1 saturated carbocycles. The van der Waals surface area contributed by atoms with Gasteiger partial charge in [-0.15, -0.1) is 0 Å². The maximum atomic E-state index is 12.7. The van der Waals surface area contributed by atoms with Crippen molar-refractivity contribution in [2.24, 2.45) is 0 Å². The van der Waals surface area contributed by atoms with Crippen LogP contribution in [0.15, 0.2) is 24.3 Å². The van der Waals surface area contributed by atoms with Gasteiger partial charge in [0.05, 0.1) is 0 Å². The van der Waals surface area contributed by atoms with Gasteiger partial charge in [0.1, 0.15) is 6.04 Å². The van der Waals surface area contributed by atoms with Gasteiger partial charge in [-0.1, -0.05) is 0 Å². The lowest BCUT2D eigenvalue weighted by molar-refractivity contribution is -0.125. The van der Waals surface area contributed by atoms with Gasteiger partial charge in [-0.05, 0) is 49.9 Å². The van der Waals surface area contributed by atoms with Crippen LogP contribution in [0.3, 0.4) is 0 Å². The van der Waals surface area contributed by atoms with Crippen LogP contribution < -0.4 is 10.6 Å². The van der Waals surface area contributed by atoms with Crippen LogP contribution in [-0.2, 0) is 9.59 Å². The molecular formula is C17H21N3O3. The van der Waals surface area contributed by atoms with E-state index in [1.165, 1.54) is 6.92 Å². The molecule has 3 amide bonds. The summed E-state index contributed by atoms with van der Waals surface area (Å²) in [6.07, 6.45) is 3.64. The van der Waals surface area contributed by atoms with Crippen molar-refractivity contribution in [3.8, 4) is 0 Å². The minimum atomic E-state index is -0.363. The van der Waals surface area contributed by atoms with Gasteiger partial charge in [-0.25, -0.2) is 0 Å². The van der Waals surface area contributed by atoms with Crippen LogP contribution in [0.4, 0.5) is 5.69 Å². The Morgan fingerprint density at radius 1 is 1.09 bits per heavy atom. The Morgan fingerprint density at radius 2 is 1.78 bits per heavy atom. The summed E-state index contributed by atoms with van der Waals surface area (Å²) in [5, 5.41) is 5.65. The average molecular weight is 315 g/mol. The van der Waals surface area contributed by atoms with Crippen molar-refractivity contribution in [1.29, 1.82) is 0 Å². The molecule has 1 atom stereocenters. The number of rotatable bonds is 4. The molecule has 6 heteroatoms. The Hall–Kier alpha value is -2.37. The number of amides is 3. The van der Waals surface area contributed by atoms with E-state index < -0.39 is 0 Å². The van der Waals surface area contributed by atoms with Gasteiger partial charge in [0, 0.05) is 30.8 Å². The second-order valence-electron chi connectivity index (χ2n) is 6.20. The van der Waals surface area contributed by atoms with Crippen LogP contribution in [0.2, 0.25) is 0 Å². The topological polar surface area (TPSA) is 78.5 Å². The number of nitrogens with one attached hydrogen (secondary N) is 2. The number of benzene rings is 1. The van der Waals surface area contributed by atoms with Crippen molar-refractivity contribution in [2.45, 2.75) is 44.7 Å². The van der Waals surface area contributed by atoms with Gasteiger partial charge >= 0.3 is 0 Å². The predicted molar refractivity (Wildman–Crippen MR) is 86.0 cm³/mol. The smallest absolute Gasteiger partial charge is 0.254 e. The molecule has 6 nitrogen and oxygen atoms in total. The minimum absolute atomic E-state index is 0.0341. The summed E-state index contributed by atoms with van der Waals surface area (Å²) in [6, 6.07) is 6.70. The Balaban J connectivity index is 1.68. The average Bonchev–Trinajstić information content (AvgIpc) is 3.19. The largest absolute Gasteiger partial charge is 0.352 e. The minimum Gasteiger partial charge on any atom is -0.352 e. The molecule has 23 heavy (non-hydrogen) atoms. The molecule has 0 bridgehead atoms. The number of hydrogen-bond acceptors (Lipinski definition) is 3. The van der Waals surface area contributed by atoms with E-state index in [2.05, 4.69) is 10.6 Å². The van der Waals surface area contributed by atoms with Crippen molar-refractivity contribution in [1.82, 2.24) is 10.2 Å². The van der Waals surface area contributed by atoms with Gasteiger partial charge in [-0.2, -0.15) is 0 Å². The Morgan fingerprint density at radius 3 is 2.39 bits per heavy atom. The van der Waals surface area contributed by atoms with Crippen molar-refractivity contribution >= 4 is 23.4 Å². The van der Waals surface area contributed by atoms with Crippen LogP contribution in [0, 0.1) is 0 Å². The van der Waals surface area contributed by atoms with Crippen LogP contribution in [0.5, 0.6) is 0 Å². The third-order valence-corrected chi connectivity index (χ3v) is 4.19. The first kappa shape index (κ1) is 15.5. The van der Waals surface area contributed by atoms with E-state index in [-0.39, 0.29) is 23.8 Å². The van der Waals surface area contributed by atoms with Gasteiger partial charge < -0.3 is 15.5 Å². The SMILES string of the molecule is CC(=O)Nc1ccc(C(=O)N2CCCC2C(=O)NC2CC2)cc1. The summed E-state index contributed by atoms with van der Waals surface area (Å²) in [7, 11) is 0. The van der Waals surface area contributed by atoms with E-state index in [1.54, 1.807) is 29.2 Å². The van der Waals surface area contributed by atoms with Crippen LogP contribution in [0.1, 0.15) is 43.0 Å². The molecule has 0 aromatic heterocycles. The predicted octanol–water partition coefficient (Wildman–Crippen LogP) is 1.53. The second kappa shape index (κ2) is 6.40. The molecule has 1 aromatic rings. The number of anilines is 1. The van der Waals surface area contributed by atoms with E-state index in [4.69, 9.17) is 0 Å². The molecule has 2 aliphatic rings. The third-order valence-electron chi connectivity index (χ3n) is 4.19. The Kier molecular flexibility index (Phi) is 4.32. The first-order valence-electron chi connectivity index (χ1n) is 8.03. The molecule has 3 rings (SSSR count). The fourth-order valence-corrected chi connectivity index (χ4v) is 2.87. The fraction of sp³-hybridized carbons (Fsp3) is 0.471. The van der Waals surface area contributed by atoms with E-state index >= 15 is 0 Å². The van der Waals surface area contributed by atoms with E-state index in [1.807, 2.05) is 0 Å². The molecule has 1 aliphatic carbocycles. The van der Waals surface area contributed by atoms with Crippen molar-refractivity contribution in [2.75, 3.05) is 11.9 Å². The normalized spacial score (nSPS) is 20.2. The number of hydrogen-bond donors (Lipinski definition) is 2. The maximum Gasteiger partial charge on any atom is 0.254 e. The first-order chi connectivity index (χ1) is 11.0. The van der Waals surface area contributed by atoms with E-state index in [9.17, 15) is 14.4 Å². The monoisotopic (exact) mass is 315 g/mol. The molecule has 1 aliphatic heterocycles. The van der Waals surface area contributed by atoms with Gasteiger partial charge in [0.15, 0.2) is 0 Å². The molecule has 0 radical (unpaired) electrons. The van der Waals surface area contributed by atoms with Gasteiger partial charge in [0.2, 0.25) is 11.8 Å². The summed E-state index contributed by atoms with van der Waals surface area (Å²) < 4.78 is 0. The summed E-state index contributed by atoms with van der Waals surface area (Å²) in [5.41, 5.74) is 1.18. The molecule has 1 saturated heterocycles. The molecule has 2 N–H and O–H groups in total. The van der Waals surface area contributed by atoms with Crippen LogP contribution in [0.25, 0.3) is 0 Å². The maximum absolute atomic E-state index is 12.7. The summed E-state index contributed by atoms with van der Waals surface area (Å²) >= 11 is 0. The highest BCUT2D eigenvalue weighted by atomic mass is 16.2. The lowest BCUT2D eigenvalue weighted by Crippen LogP contribution is -2.46. The molecule has 1 heterocycles. The van der Waals surface area contributed by atoms with Crippen molar-refractivity contribution < 1.29 is 14.4 Å². The Bertz CT molecular complexity index is 622. The fourth-order valence-electron chi connectivity index (χ4n) is 2.87. The quantitative estimate of drug-likeness (QED) is 0.884. The van der Waals surface area contributed by atoms with Gasteiger partial charge in [-0.3, -0.25) is 14.4 Å². The first-order valence-corrected chi connectivity index (χ1v) is 8.03. The van der Waals surface area contributed by atoms with Crippen molar-refractivity contribution in [3.05, 3.63) is 29.8 Å². The third kappa shape index (κ3) is 3.70. The zero-order valence-electron chi connectivity index (χ0n) is 13.2. The summed E-state index contributed by atoms with van der Waals surface area (Å²) in [5.74, 6) is -0.318. The number of carbonyl (C=O) groups is 3. The molecule has 2 fully saturated rings. The number of carbonyl (C=O) groups excluding carboxylic acids is 3. The standard InChI is InChI=1S/C17H21N3O3/c1-11(21)18-13-6-4-12(5-7-13)17(23)20-10-2-3-15(20)16(22)19-14-8-9-14/h4-7,14-15H,2-3,8-10H2,1H3,(H,18,21)(H,19,22). The number of likely N-dealkylation sites (tertiary alicyclic amines) is 1. The molecular weight excluding hydrogens is 294 g/mol. The highest BCUT2D eigenvalue weighted by Gasteiger charge is 2.36. The molecule has 1 aromatic carbocycles. The lowest BCUT2D eigenvalue weighted by Gasteiger charge is -2.24. The summed E-state index contributed by atoms with van der Waals surface area (Å²) in [4.78, 5) is 37.6. The highest BCUT2D eigenvalue weighted by Crippen LogP contribution is 2.24. The van der Waals surface area contributed by atoms with Crippen LogP contribution >= 0.6 is 0 Å². The molecule has 0 spiro atoms. The lowest BCUT2D eigenvalue weighted by atomic mass is 10.1. The highest BCUT2D eigenvalue weighted by molar-refractivity contribution is 5.98. The molecule has 1 unspecified atom stereocenters. The van der Waals surface area contributed by atoms with Gasteiger partial charge in [0.25, 0.3) is 5.91 Å². The second-order valence-corrected chi connectivity index (χ2v) is 6.20. The zero-order chi connectivity index (χ0) is 16.4. The zero-order valence-corrected chi connectivity index (χ0v) is 13.2. The molecule has 122 valence electrons. The number of nitrogens with zero attached hydrogens (tertiary/aromatic N) is 1. The summed E-state index contributed by atoms with van der Waals surface area (Å²) in [6.45, 7) is 2.04.